The Bertz CT molecular complexity index is 1900. The topological polar surface area (TPSA) is 97.2 Å². The molecular formula is C43H57N5O3. The summed E-state index contributed by atoms with van der Waals surface area (Å²) in [6.45, 7) is 12.0. The number of fused-ring (bicyclic) bond motifs is 4. The first-order chi connectivity index (χ1) is 24.9. The Morgan fingerprint density at radius 1 is 0.961 bits per heavy atom. The van der Waals surface area contributed by atoms with E-state index in [9.17, 15) is 9.59 Å². The molecule has 0 atom stereocenters. The molecule has 1 aliphatic heterocycles. The number of aromatic nitrogens is 2. The van der Waals surface area contributed by atoms with Gasteiger partial charge >= 0.3 is 0 Å². The summed E-state index contributed by atoms with van der Waals surface area (Å²) < 4.78 is 4.53. The summed E-state index contributed by atoms with van der Waals surface area (Å²) in [6.07, 6.45) is 17.8. The number of rotatable bonds is 7. The lowest BCUT2D eigenvalue weighted by Gasteiger charge is -2.36. The molecular weight excluding hydrogens is 635 g/mol. The first-order valence-electron chi connectivity index (χ1n) is 19.2. The fraction of sp³-hybridized carbons (Fsp3) is 0.465. The van der Waals surface area contributed by atoms with Crippen molar-refractivity contribution in [2.45, 2.75) is 116 Å². The van der Waals surface area contributed by atoms with Gasteiger partial charge in [-0.1, -0.05) is 77.5 Å². The Balaban J connectivity index is 0.00000122. The monoisotopic (exact) mass is 691 g/mol. The molecule has 8 nitrogen and oxygen atoms in total. The minimum atomic E-state index is -0.943. The maximum Gasteiger partial charge on any atom is 0.252 e. The van der Waals surface area contributed by atoms with E-state index in [4.69, 9.17) is 4.79 Å². The summed E-state index contributed by atoms with van der Waals surface area (Å²) in [5, 5.41) is 12.5. The molecule has 2 aromatic carbocycles. The summed E-state index contributed by atoms with van der Waals surface area (Å²) in [5.74, 6) is 0.211. The van der Waals surface area contributed by atoms with E-state index in [0.717, 1.165) is 60.9 Å². The van der Waals surface area contributed by atoms with Crippen LogP contribution in [0.15, 0.2) is 66.5 Å². The molecule has 2 fully saturated rings. The van der Waals surface area contributed by atoms with E-state index >= 15 is 0 Å². The number of nitrogens with one attached hydrogen (secondary N) is 3. The van der Waals surface area contributed by atoms with Crippen LogP contribution in [0.1, 0.15) is 126 Å². The number of carbonyl (C=O) groups is 3. The average molecular weight is 692 g/mol. The van der Waals surface area contributed by atoms with Crippen LogP contribution in [-0.4, -0.2) is 39.8 Å². The third kappa shape index (κ3) is 7.56. The van der Waals surface area contributed by atoms with Crippen molar-refractivity contribution in [2.24, 2.45) is 7.05 Å². The Hall–Kier alpha value is -4.59. The molecule has 0 bridgehead atoms. The van der Waals surface area contributed by atoms with E-state index < -0.39 is 5.54 Å². The molecule has 2 aromatic heterocycles. The first kappa shape index (κ1) is 37.7. The van der Waals surface area contributed by atoms with Crippen LogP contribution in [0.3, 0.4) is 0 Å². The van der Waals surface area contributed by atoms with Gasteiger partial charge in [0.2, 0.25) is 5.91 Å². The van der Waals surface area contributed by atoms with Crippen LogP contribution >= 0.6 is 0 Å². The maximum absolute atomic E-state index is 14.2. The van der Waals surface area contributed by atoms with Gasteiger partial charge in [0.05, 0.1) is 5.69 Å². The molecule has 0 unspecified atom stereocenters. The van der Waals surface area contributed by atoms with E-state index in [0.29, 0.717) is 24.3 Å². The third-order valence-corrected chi connectivity index (χ3v) is 11.0. The van der Waals surface area contributed by atoms with Crippen molar-refractivity contribution < 1.29 is 14.4 Å². The lowest BCUT2D eigenvalue weighted by molar-refractivity contribution is -0.123. The van der Waals surface area contributed by atoms with Gasteiger partial charge in [0.25, 0.3) is 5.91 Å². The molecule has 0 radical (unpaired) electrons. The molecule has 7 rings (SSSR count). The quantitative estimate of drug-likeness (QED) is 0.180. The van der Waals surface area contributed by atoms with Crippen molar-refractivity contribution in [1.29, 1.82) is 0 Å². The van der Waals surface area contributed by atoms with Gasteiger partial charge < -0.3 is 29.9 Å². The molecule has 3 heterocycles. The molecule has 4 aromatic rings. The molecule has 0 spiro atoms. The van der Waals surface area contributed by atoms with Crippen LogP contribution in [0, 0.1) is 0 Å². The zero-order chi connectivity index (χ0) is 36.5. The summed E-state index contributed by atoms with van der Waals surface area (Å²) >= 11 is 0. The number of allylic oxidation sites excluding steroid dienone is 4. The Morgan fingerprint density at radius 3 is 2.39 bits per heavy atom. The number of hydrogen-bond donors (Lipinski definition) is 3. The third-order valence-electron chi connectivity index (χ3n) is 11.0. The molecule has 8 heteroatoms. The van der Waals surface area contributed by atoms with Crippen molar-refractivity contribution in [1.82, 2.24) is 19.8 Å². The highest BCUT2D eigenvalue weighted by Crippen LogP contribution is 2.44. The van der Waals surface area contributed by atoms with Gasteiger partial charge in [0.1, 0.15) is 12.3 Å². The Kier molecular flexibility index (Phi) is 12.6. The van der Waals surface area contributed by atoms with Crippen LogP contribution in [0.4, 0.5) is 5.69 Å². The second-order valence-electron chi connectivity index (χ2n) is 13.9. The van der Waals surface area contributed by atoms with Crippen molar-refractivity contribution in [2.75, 3.05) is 11.9 Å². The highest BCUT2D eigenvalue weighted by molar-refractivity contribution is 6.06. The fourth-order valence-corrected chi connectivity index (χ4v) is 8.53. The molecule has 2 aliphatic carbocycles. The van der Waals surface area contributed by atoms with Gasteiger partial charge in [-0.05, 0) is 86.9 Å². The predicted molar refractivity (Wildman–Crippen MR) is 211 cm³/mol. The lowest BCUT2D eigenvalue weighted by atomic mass is 9.80. The zero-order valence-electron chi connectivity index (χ0n) is 31.4. The summed E-state index contributed by atoms with van der Waals surface area (Å²) in [4.78, 5) is 36.2. The average Bonchev–Trinajstić information content (AvgIpc) is 3.64. The lowest BCUT2D eigenvalue weighted by Crippen LogP contribution is -2.57. The molecule has 0 saturated heterocycles. The van der Waals surface area contributed by atoms with Crippen LogP contribution in [0.5, 0.6) is 0 Å². The zero-order valence-corrected chi connectivity index (χ0v) is 31.4. The second kappa shape index (κ2) is 17.1. The number of nitrogens with zero attached hydrogens (tertiary/aromatic N) is 2. The van der Waals surface area contributed by atoms with E-state index in [-0.39, 0.29) is 11.8 Å². The SMILES string of the molecule is C/C=C\C1=C(CC)NCCn2c1c(C1CCCCC1)c1ccc(C(=O)NC3(C(=O)Nc4ccc5c(ccn5C)c4)CCCCC3)cc12.C=O.CC. The Labute approximate surface area is 303 Å². The van der Waals surface area contributed by atoms with E-state index in [1.54, 1.807) is 0 Å². The Morgan fingerprint density at radius 2 is 1.69 bits per heavy atom. The van der Waals surface area contributed by atoms with Crippen LogP contribution < -0.4 is 16.0 Å². The van der Waals surface area contributed by atoms with Crippen molar-refractivity contribution in [3.8, 4) is 0 Å². The summed E-state index contributed by atoms with van der Waals surface area (Å²) in [7, 11) is 2.02. The van der Waals surface area contributed by atoms with E-state index in [1.165, 1.54) is 60.0 Å². The minimum Gasteiger partial charge on any atom is -0.386 e. The van der Waals surface area contributed by atoms with Gasteiger partial charge in [-0.15, -0.1) is 0 Å². The van der Waals surface area contributed by atoms with Crippen LogP contribution in [0.2, 0.25) is 0 Å². The molecule has 51 heavy (non-hydrogen) atoms. The first-order valence-corrected chi connectivity index (χ1v) is 19.2. The van der Waals surface area contributed by atoms with Crippen molar-refractivity contribution in [3.63, 3.8) is 0 Å². The summed E-state index contributed by atoms with van der Waals surface area (Å²) in [5.41, 5.74) is 8.00. The number of amides is 2. The van der Waals surface area contributed by atoms with Gasteiger partial charge in [0.15, 0.2) is 0 Å². The largest absolute Gasteiger partial charge is 0.386 e. The smallest absolute Gasteiger partial charge is 0.252 e. The second-order valence-corrected chi connectivity index (χ2v) is 13.9. The fourth-order valence-electron chi connectivity index (χ4n) is 8.53. The minimum absolute atomic E-state index is 0.127. The molecule has 3 aliphatic rings. The standard InChI is InChI=1S/C40H49N5O2.C2H6.CH2O/c1-4-12-31-33(5-2)41-22-24-45-35-26-29(15-17-32(35)36(37(31)45)27-13-8-6-9-14-27)38(46)43-40(20-10-7-11-21-40)39(47)42-30-16-18-34-28(25-30)19-23-44(34)3;2*1-2/h4,12,15-19,23,25-27,41H,5-11,13-14,20-22,24H2,1-3H3,(H,42,47)(H,43,46);1-2H3;1H2/b12-4-;;. The molecule has 3 N–H and O–H groups in total. The van der Waals surface area contributed by atoms with E-state index in [2.05, 4.69) is 69.3 Å². The van der Waals surface area contributed by atoms with Gasteiger partial charge in [-0.3, -0.25) is 9.59 Å². The summed E-state index contributed by atoms with van der Waals surface area (Å²) in [6, 6.07) is 14.3. The predicted octanol–water partition coefficient (Wildman–Crippen LogP) is 9.39. The number of aryl methyl sites for hydroxylation is 1. The van der Waals surface area contributed by atoms with Gasteiger partial charge in [-0.25, -0.2) is 0 Å². The van der Waals surface area contributed by atoms with Gasteiger partial charge in [0, 0.05) is 70.7 Å². The van der Waals surface area contributed by atoms with Crippen LogP contribution in [-0.2, 0) is 23.2 Å². The normalized spacial score (nSPS) is 17.4. The number of benzene rings is 2. The van der Waals surface area contributed by atoms with Crippen molar-refractivity contribution >= 4 is 51.7 Å². The molecule has 2 amide bonds. The van der Waals surface area contributed by atoms with Gasteiger partial charge in [-0.2, -0.15) is 0 Å². The van der Waals surface area contributed by atoms with E-state index in [1.807, 2.05) is 58.1 Å². The highest BCUT2D eigenvalue weighted by Gasteiger charge is 2.41. The molecule has 272 valence electrons. The molecule has 2 saturated carbocycles. The van der Waals surface area contributed by atoms with Crippen LogP contribution in [0.25, 0.3) is 27.4 Å². The number of hydrogen-bond acceptors (Lipinski definition) is 4. The highest BCUT2D eigenvalue weighted by atomic mass is 16.2. The van der Waals surface area contributed by atoms with Crippen molar-refractivity contribution in [3.05, 3.63) is 83.3 Å². The maximum atomic E-state index is 14.2. The number of anilines is 1. The number of carbonyl (C=O) groups excluding carboxylic acids is 3.